The number of ketones is 1. The van der Waals surface area contributed by atoms with Gasteiger partial charge in [-0.3, -0.25) is 4.79 Å². The molecule has 0 radical (unpaired) electrons. The first-order valence-corrected chi connectivity index (χ1v) is 7.26. The predicted molar refractivity (Wildman–Crippen MR) is 80.8 cm³/mol. The van der Waals surface area contributed by atoms with E-state index in [0.29, 0.717) is 15.6 Å². The second kappa shape index (κ2) is 4.67. The molecule has 0 spiro atoms. The maximum Gasteiger partial charge on any atom is 0.205 e. The van der Waals surface area contributed by atoms with Gasteiger partial charge in [-0.15, -0.1) is 11.3 Å². The van der Waals surface area contributed by atoms with E-state index in [1.807, 2.05) is 18.4 Å². The fraction of sp³-hybridized carbons (Fsp3) is 0.0714. The average molecular weight is 310 g/mol. The van der Waals surface area contributed by atoms with Crippen molar-refractivity contribution < 1.29 is 4.79 Å². The van der Waals surface area contributed by atoms with Crippen molar-refractivity contribution in [2.24, 2.45) is 0 Å². The molecule has 2 heterocycles. The number of aromatic amines is 1. The third-order valence-corrected chi connectivity index (χ3v) is 4.54. The van der Waals surface area contributed by atoms with Crippen LogP contribution >= 0.6 is 34.5 Å². The lowest BCUT2D eigenvalue weighted by Gasteiger charge is -2.01. The fourth-order valence-corrected chi connectivity index (χ4v) is 3.56. The predicted octanol–water partition coefficient (Wildman–Crippen LogP) is 5.08. The molecule has 1 N–H and O–H groups in total. The molecule has 3 rings (SSSR count). The number of rotatable bonds is 2. The van der Waals surface area contributed by atoms with E-state index in [2.05, 4.69) is 4.98 Å². The van der Waals surface area contributed by atoms with Crippen LogP contribution in [-0.2, 0) is 0 Å². The van der Waals surface area contributed by atoms with Crippen molar-refractivity contribution in [2.45, 2.75) is 6.92 Å². The second-order valence-electron chi connectivity index (χ2n) is 4.27. The van der Waals surface area contributed by atoms with Crippen LogP contribution in [0, 0.1) is 6.92 Å². The summed E-state index contributed by atoms with van der Waals surface area (Å²) >= 11 is 13.6. The first-order valence-electron chi connectivity index (χ1n) is 5.63. The molecular formula is C14H9Cl2NOS. The lowest BCUT2D eigenvalue weighted by atomic mass is 10.1. The molecule has 96 valence electrons. The van der Waals surface area contributed by atoms with Crippen molar-refractivity contribution in [2.75, 3.05) is 0 Å². The van der Waals surface area contributed by atoms with E-state index < -0.39 is 0 Å². The number of hydrogen-bond acceptors (Lipinski definition) is 2. The van der Waals surface area contributed by atoms with Gasteiger partial charge in [0.05, 0.1) is 15.5 Å². The van der Waals surface area contributed by atoms with Gasteiger partial charge in [0.2, 0.25) is 5.78 Å². The lowest BCUT2D eigenvalue weighted by Crippen LogP contribution is -1.99. The van der Waals surface area contributed by atoms with E-state index in [0.717, 1.165) is 21.3 Å². The third-order valence-electron chi connectivity index (χ3n) is 3.01. The Hall–Kier alpha value is -1.29. The summed E-state index contributed by atoms with van der Waals surface area (Å²) in [6.07, 6.45) is 1.69. The molecule has 2 aromatic heterocycles. The van der Waals surface area contributed by atoms with Gasteiger partial charge < -0.3 is 4.98 Å². The number of fused-ring (bicyclic) bond motifs is 1. The average Bonchev–Trinajstić information content (AvgIpc) is 2.94. The molecule has 0 aliphatic rings. The monoisotopic (exact) mass is 309 g/mol. The first-order chi connectivity index (χ1) is 9.08. The van der Waals surface area contributed by atoms with Crippen LogP contribution in [0.25, 0.3) is 10.9 Å². The number of nitrogens with one attached hydrogen (secondary N) is 1. The van der Waals surface area contributed by atoms with Gasteiger partial charge in [-0.2, -0.15) is 0 Å². The number of benzene rings is 1. The van der Waals surface area contributed by atoms with E-state index in [9.17, 15) is 4.79 Å². The van der Waals surface area contributed by atoms with E-state index in [1.54, 1.807) is 18.3 Å². The molecule has 0 fully saturated rings. The van der Waals surface area contributed by atoms with Crippen molar-refractivity contribution in [3.05, 3.63) is 55.8 Å². The van der Waals surface area contributed by atoms with E-state index in [4.69, 9.17) is 23.2 Å². The lowest BCUT2D eigenvalue weighted by molar-refractivity contribution is 0.104. The molecule has 0 saturated heterocycles. The number of halogens is 2. The molecule has 0 bridgehead atoms. The zero-order valence-corrected chi connectivity index (χ0v) is 12.3. The van der Waals surface area contributed by atoms with Gasteiger partial charge in [-0.25, -0.2) is 0 Å². The Morgan fingerprint density at radius 3 is 2.79 bits per heavy atom. The van der Waals surface area contributed by atoms with E-state index >= 15 is 0 Å². The largest absolute Gasteiger partial charge is 0.360 e. The summed E-state index contributed by atoms with van der Waals surface area (Å²) in [5.41, 5.74) is 2.34. The zero-order valence-electron chi connectivity index (χ0n) is 9.96. The molecule has 0 aliphatic heterocycles. The summed E-state index contributed by atoms with van der Waals surface area (Å²) in [7, 11) is 0. The molecular weight excluding hydrogens is 301 g/mol. The summed E-state index contributed by atoms with van der Waals surface area (Å²) in [5, 5.41) is 3.67. The zero-order chi connectivity index (χ0) is 13.6. The molecule has 1 aromatic carbocycles. The highest BCUT2D eigenvalue weighted by molar-refractivity contribution is 7.12. The third kappa shape index (κ3) is 2.08. The standard InChI is InChI=1S/C14H9Cl2NOS/c1-7-2-3-19-14(7)13(18)9-6-17-11-5-8(15)4-10(16)12(9)11/h2-6,17H,1H3. The number of thiophene rings is 1. The second-order valence-corrected chi connectivity index (χ2v) is 6.03. The maximum atomic E-state index is 12.5. The summed E-state index contributed by atoms with van der Waals surface area (Å²) in [6, 6.07) is 5.35. The van der Waals surface area contributed by atoms with Crippen LogP contribution in [0.1, 0.15) is 20.8 Å². The Balaban J connectivity index is 2.22. The number of carbonyl (C=O) groups is 1. The van der Waals surface area contributed by atoms with Gasteiger partial charge in [0.25, 0.3) is 0 Å². The minimum Gasteiger partial charge on any atom is -0.360 e. The van der Waals surface area contributed by atoms with E-state index in [1.165, 1.54) is 11.3 Å². The number of aryl methyl sites for hydroxylation is 1. The highest BCUT2D eigenvalue weighted by Gasteiger charge is 2.19. The Kier molecular flexibility index (Phi) is 3.13. The smallest absolute Gasteiger partial charge is 0.205 e. The topological polar surface area (TPSA) is 32.9 Å². The van der Waals surface area contributed by atoms with Crippen LogP contribution in [0.2, 0.25) is 10.0 Å². The fourth-order valence-electron chi connectivity index (χ4n) is 2.09. The van der Waals surface area contributed by atoms with Gasteiger partial charge in [-0.05, 0) is 36.1 Å². The van der Waals surface area contributed by atoms with Crippen LogP contribution in [0.4, 0.5) is 0 Å². The SMILES string of the molecule is Cc1ccsc1C(=O)c1c[nH]c2cc(Cl)cc(Cl)c12. The molecule has 2 nitrogen and oxygen atoms in total. The molecule has 0 unspecified atom stereocenters. The number of H-pyrrole nitrogens is 1. The van der Waals surface area contributed by atoms with Gasteiger partial charge in [-0.1, -0.05) is 23.2 Å². The molecule has 0 atom stereocenters. The summed E-state index contributed by atoms with van der Waals surface area (Å²) in [4.78, 5) is 16.3. The quantitative estimate of drug-likeness (QED) is 0.658. The van der Waals surface area contributed by atoms with Crippen LogP contribution in [-0.4, -0.2) is 10.8 Å². The molecule has 0 saturated carbocycles. The highest BCUT2D eigenvalue weighted by atomic mass is 35.5. The minimum absolute atomic E-state index is 0.0111. The molecule has 0 amide bonds. The van der Waals surface area contributed by atoms with E-state index in [-0.39, 0.29) is 5.78 Å². The van der Waals surface area contributed by atoms with Crippen LogP contribution < -0.4 is 0 Å². The minimum atomic E-state index is -0.0111. The Bertz CT molecular complexity index is 788. The Morgan fingerprint density at radius 2 is 2.11 bits per heavy atom. The first kappa shape index (κ1) is 12.7. The molecule has 3 aromatic rings. The van der Waals surface area contributed by atoms with Gasteiger partial charge >= 0.3 is 0 Å². The molecule has 19 heavy (non-hydrogen) atoms. The molecule has 0 aliphatic carbocycles. The molecule has 5 heteroatoms. The maximum absolute atomic E-state index is 12.5. The number of aromatic nitrogens is 1. The summed E-state index contributed by atoms with van der Waals surface area (Å²) in [5.74, 6) is -0.0111. The Labute approximate surface area is 124 Å². The normalized spacial score (nSPS) is 11.1. The van der Waals surface area contributed by atoms with Gasteiger partial charge in [0.15, 0.2) is 0 Å². The van der Waals surface area contributed by atoms with Crippen LogP contribution in [0.5, 0.6) is 0 Å². The van der Waals surface area contributed by atoms with Crippen molar-refractivity contribution in [3.63, 3.8) is 0 Å². The summed E-state index contributed by atoms with van der Waals surface area (Å²) < 4.78 is 0. The van der Waals surface area contributed by atoms with Crippen molar-refractivity contribution in [1.29, 1.82) is 0 Å². The van der Waals surface area contributed by atoms with Crippen molar-refractivity contribution >= 4 is 51.2 Å². The number of hydrogen-bond donors (Lipinski definition) is 1. The van der Waals surface area contributed by atoms with Crippen molar-refractivity contribution in [3.8, 4) is 0 Å². The summed E-state index contributed by atoms with van der Waals surface area (Å²) in [6.45, 7) is 1.93. The van der Waals surface area contributed by atoms with Crippen molar-refractivity contribution in [1.82, 2.24) is 4.98 Å². The Morgan fingerprint density at radius 1 is 1.32 bits per heavy atom. The van der Waals surface area contributed by atoms with Crippen LogP contribution in [0.3, 0.4) is 0 Å². The number of carbonyl (C=O) groups excluding carboxylic acids is 1. The van der Waals surface area contributed by atoms with Crippen LogP contribution in [0.15, 0.2) is 29.8 Å². The highest BCUT2D eigenvalue weighted by Crippen LogP contribution is 2.32. The van der Waals surface area contributed by atoms with Gasteiger partial charge in [0, 0.05) is 22.1 Å². The van der Waals surface area contributed by atoms with Gasteiger partial charge in [0.1, 0.15) is 0 Å².